The molecule has 0 radical (unpaired) electrons. The van der Waals surface area contributed by atoms with Crippen molar-refractivity contribution in [2.24, 2.45) is 0 Å². The van der Waals surface area contributed by atoms with Crippen LogP contribution in [0, 0.1) is 0 Å². The van der Waals surface area contributed by atoms with E-state index in [1.165, 1.54) is 36.5 Å². The maximum atomic E-state index is 13.1. The molecule has 10 heteroatoms. The number of piperidine rings is 1. The van der Waals surface area contributed by atoms with Crippen molar-refractivity contribution in [2.75, 3.05) is 25.1 Å². The SMILES string of the molecule is O=C(CNn1ncccc1=O)N1CCC(Oc2ccccc2C(F)(F)F)CC1. The molecule has 0 aliphatic carbocycles. The molecule has 150 valence electrons. The van der Waals surface area contributed by atoms with E-state index in [4.69, 9.17) is 4.74 Å². The van der Waals surface area contributed by atoms with Gasteiger partial charge in [0.05, 0.1) is 5.56 Å². The zero-order valence-corrected chi connectivity index (χ0v) is 14.9. The van der Waals surface area contributed by atoms with Crippen molar-refractivity contribution in [3.05, 3.63) is 58.5 Å². The highest BCUT2D eigenvalue weighted by Gasteiger charge is 2.35. The van der Waals surface area contributed by atoms with E-state index >= 15 is 0 Å². The summed E-state index contributed by atoms with van der Waals surface area (Å²) in [5.74, 6) is -0.428. The number of aromatic nitrogens is 2. The highest BCUT2D eigenvalue weighted by molar-refractivity contribution is 5.79. The van der Waals surface area contributed by atoms with Crippen LogP contribution in [0.25, 0.3) is 0 Å². The Bertz CT molecular complexity index is 877. The molecular formula is C18H19F3N4O3. The third kappa shape index (κ3) is 4.81. The average molecular weight is 396 g/mol. The zero-order chi connectivity index (χ0) is 20.1. The molecule has 1 aliphatic rings. The van der Waals surface area contributed by atoms with E-state index in [2.05, 4.69) is 10.5 Å². The Morgan fingerprint density at radius 2 is 1.89 bits per heavy atom. The molecule has 7 nitrogen and oxygen atoms in total. The summed E-state index contributed by atoms with van der Waals surface area (Å²) in [6.45, 7) is 0.603. The van der Waals surface area contributed by atoms with Gasteiger partial charge in [0, 0.05) is 38.2 Å². The van der Waals surface area contributed by atoms with Gasteiger partial charge in [-0.2, -0.15) is 18.3 Å². The van der Waals surface area contributed by atoms with E-state index in [0.29, 0.717) is 25.9 Å². The van der Waals surface area contributed by atoms with E-state index < -0.39 is 17.8 Å². The van der Waals surface area contributed by atoms with Gasteiger partial charge in [0.25, 0.3) is 5.56 Å². The maximum absolute atomic E-state index is 13.1. The van der Waals surface area contributed by atoms with Gasteiger partial charge in [-0.15, -0.1) is 4.79 Å². The van der Waals surface area contributed by atoms with Crippen LogP contribution in [-0.2, 0) is 11.0 Å². The van der Waals surface area contributed by atoms with Gasteiger partial charge in [0.2, 0.25) is 5.91 Å². The number of amides is 1. The number of likely N-dealkylation sites (tertiary alicyclic amines) is 1. The van der Waals surface area contributed by atoms with E-state index in [0.717, 1.165) is 10.9 Å². The number of nitrogens with one attached hydrogen (secondary N) is 1. The van der Waals surface area contributed by atoms with Gasteiger partial charge < -0.3 is 9.64 Å². The lowest BCUT2D eigenvalue weighted by Crippen LogP contribution is -2.46. The summed E-state index contributed by atoms with van der Waals surface area (Å²) in [6, 6.07) is 7.90. The standard InChI is InChI=1S/C18H19F3N4O3/c19-18(20,21)14-4-1-2-5-15(14)28-13-7-10-24(11-8-13)17(27)12-23-25-16(26)6-3-9-22-25/h1-6,9,13,23H,7-8,10-12H2. The molecule has 1 N–H and O–H groups in total. The minimum atomic E-state index is -4.48. The van der Waals surface area contributed by atoms with Crippen molar-refractivity contribution in [3.8, 4) is 5.75 Å². The summed E-state index contributed by atoms with van der Waals surface area (Å²) in [5.41, 5.74) is 1.44. The van der Waals surface area contributed by atoms with Crippen molar-refractivity contribution < 1.29 is 22.7 Å². The molecule has 2 aromatic rings. The fourth-order valence-electron chi connectivity index (χ4n) is 2.94. The lowest BCUT2D eigenvalue weighted by Gasteiger charge is -2.32. The highest BCUT2D eigenvalue weighted by Crippen LogP contribution is 2.36. The summed E-state index contributed by atoms with van der Waals surface area (Å²) in [5, 5.41) is 3.79. The topological polar surface area (TPSA) is 76.5 Å². The first kappa shape index (κ1) is 19.7. The quantitative estimate of drug-likeness (QED) is 0.835. The molecule has 3 rings (SSSR count). The number of rotatable bonds is 5. The van der Waals surface area contributed by atoms with Crippen molar-refractivity contribution in [1.82, 2.24) is 14.8 Å². The van der Waals surface area contributed by atoms with Gasteiger partial charge in [-0.1, -0.05) is 12.1 Å². The third-order valence-electron chi connectivity index (χ3n) is 4.38. The first-order chi connectivity index (χ1) is 13.3. The second-order valence-corrected chi connectivity index (χ2v) is 6.30. The fourth-order valence-corrected chi connectivity index (χ4v) is 2.94. The van der Waals surface area contributed by atoms with Crippen molar-refractivity contribution >= 4 is 5.91 Å². The lowest BCUT2D eigenvalue weighted by atomic mass is 10.1. The first-order valence-corrected chi connectivity index (χ1v) is 8.73. The molecule has 1 amide bonds. The fraction of sp³-hybridized carbons (Fsp3) is 0.389. The Balaban J connectivity index is 1.52. The predicted octanol–water partition coefficient (Wildman–Crippen LogP) is 1.88. The molecule has 0 bridgehead atoms. The predicted molar refractivity (Wildman–Crippen MR) is 94.4 cm³/mol. The number of para-hydroxylation sites is 1. The van der Waals surface area contributed by atoms with Crippen LogP contribution in [0.4, 0.5) is 13.2 Å². The Morgan fingerprint density at radius 3 is 2.57 bits per heavy atom. The van der Waals surface area contributed by atoms with E-state index in [1.807, 2.05) is 0 Å². The summed E-state index contributed by atoms with van der Waals surface area (Å²) < 4.78 is 44.7. The van der Waals surface area contributed by atoms with Crippen molar-refractivity contribution in [3.63, 3.8) is 0 Å². The second-order valence-electron chi connectivity index (χ2n) is 6.30. The highest BCUT2D eigenvalue weighted by atomic mass is 19.4. The number of hydrogen-bond acceptors (Lipinski definition) is 5. The van der Waals surface area contributed by atoms with E-state index in [9.17, 15) is 22.8 Å². The number of benzene rings is 1. The second kappa shape index (κ2) is 8.32. The largest absolute Gasteiger partial charge is 0.490 e. The first-order valence-electron chi connectivity index (χ1n) is 8.73. The number of alkyl halides is 3. The van der Waals surface area contributed by atoms with Crippen LogP contribution in [0.2, 0.25) is 0 Å². The number of halogens is 3. The molecular weight excluding hydrogens is 377 g/mol. The molecule has 28 heavy (non-hydrogen) atoms. The van der Waals surface area contributed by atoms with Gasteiger partial charge in [-0.3, -0.25) is 15.0 Å². The summed E-state index contributed by atoms with van der Waals surface area (Å²) in [7, 11) is 0. The van der Waals surface area contributed by atoms with Gasteiger partial charge in [0.15, 0.2) is 0 Å². The van der Waals surface area contributed by atoms with Crippen LogP contribution >= 0.6 is 0 Å². The minimum absolute atomic E-state index is 0.112. The number of carbonyl (C=O) groups is 1. The number of carbonyl (C=O) groups excluding carboxylic acids is 1. The van der Waals surface area contributed by atoms with Crippen molar-refractivity contribution in [1.29, 1.82) is 0 Å². The van der Waals surface area contributed by atoms with Gasteiger partial charge in [-0.05, 0) is 18.2 Å². The van der Waals surface area contributed by atoms with Crippen LogP contribution in [0.3, 0.4) is 0 Å². The third-order valence-corrected chi connectivity index (χ3v) is 4.38. The molecule has 2 heterocycles. The van der Waals surface area contributed by atoms with Crippen LogP contribution in [-0.4, -0.2) is 46.4 Å². The molecule has 0 spiro atoms. The summed E-state index contributed by atoms with van der Waals surface area (Å²) in [6.07, 6.45) is -2.63. The van der Waals surface area contributed by atoms with Gasteiger partial charge >= 0.3 is 6.18 Å². The normalized spacial score (nSPS) is 15.3. The number of ether oxygens (including phenoxy) is 1. The molecule has 1 fully saturated rings. The molecule has 1 aliphatic heterocycles. The number of hydrogen-bond donors (Lipinski definition) is 1. The molecule has 1 aromatic carbocycles. The average Bonchev–Trinajstić information content (AvgIpc) is 2.67. The molecule has 1 saturated heterocycles. The van der Waals surface area contributed by atoms with E-state index in [-0.39, 0.29) is 23.8 Å². The van der Waals surface area contributed by atoms with Crippen LogP contribution < -0.4 is 15.7 Å². The zero-order valence-electron chi connectivity index (χ0n) is 14.9. The minimum Gasteiger partial charge on any atom is -0.490 e. The Morgan fingerprint density at radius 1 is 1.18 bits per heavy atom. The Hall–Kier alpha value is -3.04. The Kier molecular flexibility index (Phi) is 5.86. The monoisotopic (exact) mass is 396 g/mol. The Labute approximate surface area is 158 Å². The van der Waals surface area contributed by atoms with Crippen LogP contribution in [0.15, 0.2) is 47.4 Å². The summed E-state index contributed by atoms with van der Waals surface area (Å²) in [4.78, 5) is 26.4. The smallest absolute Gasteiger partial charge is 0.419 e. The molecule has 1 aromatic heterocycles. The molecule has 0 saturated carbocycles. The lowest BCUT2D eigenvalue weighted by molar-refractivity contribution is -0.139. The number of nitrogens with zero attached hydrogens (tertiary/aromatic N) is 3. The van der Waals surface area contributed by atoms with Gasteiger partial charge in [0.1, 0.15) is 18.4 Å². The molecule has 0 atom stereocenters. The van der Waals surface area contributed by atoms with Crippen LogP contribution in [0.1, 0.15) is 18.4 Å². The maximum Gasteiger partial charge on any atom is 0.419 e. The summed E-state index contributed by atoms with van der Waals surface area (Å²) >= 11 is 0. The van der Waals surface area contributed by atoms with Crippen molar-refractivity contribution in [2.45, 2.75) is 25.1 Å². The van der Waals surface area contributed by atoms with E-state index in [1.54, 1.807) is 4.90 Å². The van der Waals surface area contributed by atoms with Gasteiger partial charge in [-0.25, -0.2) is 0 Å². The van der Waals surface area contributed by atoms with Crippen LogP contribution in [0.5, 0.6) is 5.75 Å². The molecule has 0 unspecified atom stereocenters.